The van der Waals surface area contributed by atoms with E-state index in [9.17, 15) is 9.59 Å². The fraction of sp³-hybridized carbons (Fsp3) is 0.485. The summed E-state index contributed by atoms with van der Waals surface area (Å²) < 4.78 is 29.4. The van der Waals surface area contributed by atoms with Gasteiger partial charge in [0.2, 0.25) is 5.91 Å². The van der Waals surface area contributed by atoms with Gasteiger partial charge in [0.05, 0.1) is 6.10 Å². The monoisotopic (exact) mass is 650 g/mol. The summed E-state index contributed by atoms with van der Waals surface area (Å²) in [4.78, 5) is 29.4. The van der Waals surface area contributed by atoms with Gasteiger partial charge < -0.3 is 19.3 Å². The Kier molecular flexibility index (Phi) is 9.68. The van der Waals surface area contributed by atoms with E-state index in [1.165, 1.54) is 14.9 Å². The summed E-state index contributed by atoms with van der Waals surface area (Å²) in [5.41, 5.74) is 0.128. The molecule has 0 spiro atoms. The highest BCUT2D eigenvalue weighted by atomic mass is 31.2. The predicted octanol–water partition coefficient (Wildman–Crippen LogP) is 4.41. The lowest BCUT2D eigenvalue weighted by molar-refractivity contribution is -0.334. The SMILES string of the molecule is CCO[C@H]1C(O[P@@]2O[C@H](C[Si](C)(c3ccccc3)c3ccccc3)[C@@H]3CCCN32)O[C@H]1n1cc(C)c(NC(=O)C(C)C)nc1=O. The Morgan fingerprint density at radius 3 is 2.42 bits per heavy atom. The molecular formula is C33H43N4O6PSi. The van der Waals surface area contributed by atoms with Gasteiger partial charge in [0.25, 0.3) is 8.53 Å². The quantitative estimate of drug-likeness (QED) is 0.241. The highest BCUT2D eigenvalue weighted by Crippen LogP contribution is 2.59. The molecule has 45 heavy (non-hydrogen) atoms. The lowest BCUT2D eigenvalue weighted by atomic mass is 10.1. The predicted molar refractivity (Wildman–Crippen MR) is 177 cm³/mol. The number of hydrogen-bond acceptors (Lipinski definition) is 8. The molecule has 12 heteroatoms. The summed E-state index contributed by atoms with van der Waals surface area (Å²) in [6, 6.07) is 23.0. The minimum absolute atomic E-state index is 0.0418. The van der Waals surface area contributed by atoms with Crippen LogP contribution in [0, 0.1) is 12.8 Å². The molecule has 1 aromatic heterocycles. The van der Waals surface area contributed by atoms with Gasteiger partial charge in [0.1, 0.15) is 13.9 Å². The Hall–Kier alpha value is -2.76. The van der Waals surface area contributed by atoms with Crippen molar-refractivity contribution in [3.8, 4) is 0 Å². The number of aromatic nitrogens is 2. The minimum Gasteiger partial charge on any atom is -0.368 e. The Morgan fingerprint density at radius 2 is 1.80 bits per heavy atom. The van der Waals surface area contributed by atoms with Crippen LogP contribution < -0.4 is 21.4 Å². The number of carbonyl (C=O) groups excluding carboxylic acids is 1. The molecule has 1 unspecified atom stereocenters. The highest BCUT2D eigenvalue weighted by molar-refractivity contribution is 7.45. The van der Waals surface area contributed by atoms with E-state index in [2.05, 4.69) is 82.2 Å². The topological polar surface area (TPSA) is 104 Å². The molecule has 3 fully saturated rings. The maximum absolute atomic E-state index is 13.0. The number of rotatable bonds is 11. The van der Waals surface area contributed by atoms with Gasteiger partial charge in [-0.2, -0.15) is 4.98 Å². The van der Waals surface area contributed by atoms with Crippen LogP contribution in [0.3, 0.4) is 0 Å². The van der Waals surface area contributed by atoms with Gasteiger partial charge in [-0.05, 0) is 32.7 Å². The first-order valence-corrected chi connectivity index (χ1v) is 19.7. The van der Waals surface area contributed by atoms with Crippen molar-refractivity contribution in [1.29, 1.82) is 0 Å². The second-order valence-electron chi connectivity index (χ2n) is 12.5. The van der Waals surface area contributed by atoms with E-state index >= 15 is 0 Å². The minimum atomic E-state index is -2.13. The number of fused-ring (bicyclic) bond motifs is 1. The molecule has 0 aliphatic carbocycles. The number of carbonyl (C=O) groups is 1. The zero-order valence-electron chi connectivity index (χ0n) is 26.6. The first kappa shape index (κ1) is 32.2. The average molecular weight is 651 g/mol. The molecule has 1 amide bonds. The van der Waals surface area contributed by atoms with Gasteiger partial charge in [-0.3, -0.25) is 13.9 Å². The summed E-state index contributed by atoms with van der Waals surface area (Å²) in [6.07, 6.45) is 1.98. The maximum atomic E-state index is 13.0. The zero-order chi connectivity index (χ0) is 31.7. The number of anilines is 1. The van der Waals surface area contributed by atoms with E-state index in [1.807, 2.05) is 6.92 Å². The van der Waals surface area contributed by atoms with Crippen molar-refractivity contribution in [3.63, 3.8) is 0 Å². The van der Waals surface area contributed by atoms with Crippen LogP contribution in [0.15, 0.2) is 71.7 Å². The third-order valence-electron chi connectivity index (χ3n) is 9.12. The second-order valence-corrected chi connectivity index (χ2v) is 18.2. The average Bonchev–Trinajstić information content (AvgIpc) is 3.64. The zero-order valence-corrected chi connectivity index (χ0v) is 28.5. The molecule has 0 bridgehead atoms. The standard InChI is InChI=1S/C33H43N4O6PSi/c1-6-40-28-31(36-20-23(4)29(35-33(36)39)34-30(38)22(2)3)41-32(28)43-44-37-19-13-18-26(37)27(42-44)21-45(5,24-14-9-7-10-15-24)25-16-11-8-12-17-25/h7-12,14-17,20,22,26-28,31-32H,6,13,18-19,21H2,1-5H3,(H,34,35,38,39)/t26-,27+,28+,31+,32?,44+/m0/s1. The van der Waals surface area contributed by atoms with E-state index in [0.29, 0.717) is 18.2 Å². The fourth-order valence-corrected chi connectivity index (χ4v) is 12.4. The molecule has 0 saturated carbocycles. The maximum Gasteiger partial charge on any atom is 0.351 e. The van der Waals surface area contributed by atoms with Crippen molar-refractivity contribution in [2.45, 2.75) is 83.9 Å². The normalized spacial score (nSPS) is 26.5. The Bertz CT molecular complexity index is 1500. The molecule has 6 atom stereocenters. The number of nitrogens with zero attached hydrogens (tertiary/aromatic N) is 3. The number of hydrogen-bond donors (Lipinski definition) is 1. The number of benzene rings is 2. The Morgan fingerprint density at radius 1 is 1.13 bits per heavy atom. The molecule has 3 aromatic rings. The van der Waals surface area contributed by atoms with Gasteiger partial charge in [0.15, 0.2) is 18.6 Å². The van der Waals surface area contributed by atoms with Crippen molar-refractivity contribution < 1.29 is 23.3 Å². The lowest BCUT2D eigenvalue weighted by Crippen LogP contribution is -2.58. The van der Waals surface area contributed by atoms with Crippen molar-refractivity contribution >= 4 is 38.7 Å². The van der Waals surface area contributed by atoms with Crippen LogP contribution in [-0.2, 0) is 23.3 Å². The molecule has 6 rings (SSSR count). The molecule has 3 aliphatic heterocycles. The third-order valence-corrected chi connectivity index (χ3v) is 15.3. The molecular weight excluding hydrogens is 607 g/mol. The van der Waals surface area contributed by atoms with E-state index < -0.39 is 40.9 Å². The third kappa shape index (κ3) is 6.45. The molecule has 2 aromatic carbocycles. The van der Waals surface area contributed by atoms with Crippen LogP contribution in [0.1, 0.15) is 45.4 Å². The molecule has 10 nitrogen and oxygen atoms in total. The van der Waals surface area contributed by atoms with Crippen molar-refractivity contribution in [1.82, 2.24) is 14.2 Å². The first-order chi connectivity index (χ1) is 21.7. The van der Waals surface area contributed by atoms with Crippen LogP contribution >= 0.6 is 8.53 Å². The number of amides is 1. The molecule has 3 aliphatic rings. The highest BCUT2D eigenvalue weighted by Gasteiger charge is 2.54. The van der Waals surface area contributed by atoms with Crippen LogP contribution in [0.25, 0.3) is 0 Å². The van der Waals surface area contributed by atoms with E-state index in [4.69, 9.17) is 18.5 Å². The fourth-order valence-electron chi connectivity index (χ4n) is 6.50. The largest absolute Gasteiger partial charge is 0.368 e. The molecule has 0 radical (unpaired) electrons. The van der Waals surface area contributed by atoms with Crippen LogP contribution in [0.5, 0.6) is 0 Å². The molecule has 3 saturated heterocycles. The van der Waals surface area contributed by atoms with Crippen molar-refractivity contribution in [2.24, 2.45) is 5.92 Å². The van der Waals surface area contributed by atoms with Gasteiger partial charge >= 0.3 is 5.69 Å². The van der Waals surface area contributed by atoms with Gasteiger partial charge in [-0.1, -0.05) is 91.4 Å². The molecule has 1 N–H and O–H groups in total. The van der Waals surface area contributed by atoms with Gasteiger partial charge in [-0.25, -0.2) is 9.46 Å². The summed E-state index contributed by atoms with van der Waals surface area (Å²) in [7, 11) is -3.50. The van der Waals surface area contributed by atoms with Crippen LogP contribution in [-0.4, -0.2) is 65.9 Å². The summed E-state index contributed by atoms with van der Waals surface area (Å²) in [6.45, 7) is 11.1. The number of ether oxygens (including phenoxy) is 2. The second kappa shape index (κ2) is 13.5. The summed E-state index contributed by atoms with van der Waals surface area (Å²) in [5.74, 6) is -0.173. The van der Waals surface area contributed by atoms with Gasteiger partial charge in [0, 0.05) is 36.9 Å². The number of nitrogens with one attached hydrogen (secondary N) is 1. The number of aryl methyl sites for hydroxylation is 1. The molecule has 240 valence electrons. The Balaban J connectivity index is 1.18. The van der Waals surface area contributed by atoms with Crippen LogP contribution in [0.4, 0.5) is 5.82 Å². The van der Waals surface area contributed by atoms with Gasteiger partial charge in [-0.15, -0.1) is 0 Å². The van der Waals surface area contributed by atoms with Crippen molar-refractivity contribution in [3.05, 3.63) is 82.9 Å². The summed E-state index contributed by atoms with van der Waals surface area (Å²) in [5, 5.41) is 5.52. The van der Waals surface area contributed by atoms with Crippen LogP contribution in [0.2, 0.25) is 12.6 Å². The molecule has 4 heterocycles. The Labute approximate surface area is 267 Å². The summed E-state index contributed by atoms with van der Waals surface area (Å²) >= 11 is 0. The van der Waals surface area contributed by atoms with E-state index in [1.54, 1.807) is 27.0 Å². The van der Waals surface area contributed by atoms with Crippen molar-refractivity contribution in [2.75, 3.05) is 18.5 Å². The lowest BCUT2D eigenvalue weighted by Gasteiger charge is -2.44. The van der Waals surface area contributed by atoms with E-state index in [-0.39, 0.29) is 23.7 Å². The first-order valence-electron chi connectivity index (χ1n) is 15.9. The smallest absolute Gasteiger partial charge is 0.351 e. The van der Waals surface area contributed by atoms with E-state index in [0.717, 1.165) is 25.4 Å².